The molecule has 26 heavy (non-hydrogen) atoms. The largest absolute Gasteiger partial charge is 0.203 e. The van der Waals surface area contributed by atoms with E-state index < -0.39 is 11.6 Å². The summed E-state index contributed by atoms with van der Waals surface area (Å²) in [4.78, 5) is 0. The first-order chi connectivity index (χ1) is 12.7. The highest BCUT2D eigenvalue weighted by molar-refractivity contribution is 5.71. The minimum absolute atomic E-state index is 0.352. The summed E-state index contributed by atoms with van der Waals surface area (Å²) in [6, 6.07) is 19.5. The van der Waals surface area contributed by atoms with E-state index in [4.69, 9.17) is 0 Å². The van der Waals surface area contributed by atoms with Crippen LogP contribution in [0, 0.1) is 11.6 Å². The molecule has 2 heteroatoms. The standard InChI is InChI=1S/C24H24F2/c1-3-8-20-16-22(24(26)23(25)21(20)9-4-2)19-14-12-18(13-15-19)17-10-6-5-7-11-17/h5-7,10-16H,3-4,8-9H2,1-2H3. The molecule has 0 amide bonds. The lowest BCUT2D eigenvalue weighted by molar-refractivity contribution is 0.498. The van der Waals surface area contributed by atoms with Gasteiger partial charge in [0, 0.05) is 5.56 Å². The Morgan fingerprint density at radius 3 is 1.85 bits per heavy atom. The van der Waals surface area contributed by atoms with Crippen molar-refractivity contribution in [3.05, 3.63) is 83.4 Å². The van der Waals surface area contributed by atoms with Crippen LogP contribution in [0.1, 0.15) is 37.8 Å². The lowest BCUT2D eigenvalue weighted by Gasteiger charge is -2.14. The quantitative estimate of drug-likeness (QED) is 0.441. The molecule has 0 aliphatic heterocycles. The molecule has 0 bridgehead atoms. The second-order valence-electron chi connectivity index (χ2n) is 6.63. The van der Waals surface area contributed by atoms with E-state index in [1.165, 1.54) is 0 Å². The summed E-state index contributed by atoms with van der Waals surface area (Å²) >= 11 is 0. The second-order valence-corrected chi connectivity index (χ2v) is 6.63. The van der Waals surface area contributed by atoms with Crippen LogP contribution >= 0.6 is 0 Å². The Morgan fingerprint density at radius 1 is 0.654 bits per heavy atom. The first kappa shape index (κ1) is 18.3. The highest BCUT2D eigenvalue weighted by Crippen LogP contribution is 2.32. The molecule has 3 aromatic rings. The number of hydrogen-bond acceptors (Lipinski definition) is 0. The summed E-state index contributed by atoms with van der Waals surface area (Å²) in [5.74, 6) is -1.42. The Bertz CT molecular complexity index is 865. The lowest BCUT2D eigenvalue weighted by atomic mass is 9.92. The fraction of sp³-hybridized carbons (Fsp3) is 0.250. The molecule has 0 N–H and O–H groups in total. The molecule has 0 aromatic heterocycles. The van der Waals surface area contributed by atoms with Gasteiger partial charge in [-0.15, -0.1) is 0 Å². The van der Waals surface area contributed by atoms with Gasteiger partial charge in [0.1, 0.15) is 0 Å². The molecule has 0 atom stereocenters. The number of aryl methyl sites for hydroxylation is 1. The fourth-order valence-corrected chi connectivity index (χ4v) is 3.41. The number of hydrogen-bond donors (Lipinski definition) is 0. The zero-order valence-corrected chi connectivity index (χ0v) is 15.4. The van der Waals surface area contributed by atoms with Crippen LogP contribution in [0.3, 0.4) is 0 Å². The Balaban J connectivity index is 2.03. The molecule has 0 radical (unpaired) electrons. The van der Waals surface area contributed by atoms with Gasteiger partial charge in [-0.1, -0.05) is 81.3 Å². The predicted octanol–water partition coefficient (Wildman–Crippen LogP) is 7.20. The monoisotopic (exact) mass is 350 g/mol. The maximum absolute atomic E-state index is 14.7. The van der Waals surface area contributed by atoms with E-state index in [9.17, 15) is 8.78 Å². The molecule has 0 saturated heterocycles. The minimum Gasteiger partial charge on any atom is -0.203 e. The van der Waals surface area contributed by atoms with E-state index in [0.717, 1.165) is 36.0 Å². The number of halogens is 2. The molecular weight excluding hydrogens is 326 g/mol. The third kappa shape index (κ3) is 3.70. The molecule has 0 aliphatic rings. The van der Waals surface area contributed by atoms with Crippen LogP contribution in [0.15, 0.2) is 60.7 Å². The molecule has 0 spiro atoms. The minimum atomic E-state index is -0.735. The van der Waals surface area contributed by atoms with Crippen LogP contribution in [0.2, 0.25) is 0 Å². The molecule has 0 unspecified atom stereocenters. The molecule has 3 aromatic carbocycles. The maximum Gasteiger partial charge on any atom is 0.166 e. The summed E-state index contributed by atoms with van der Waals surface area (Å²) in [7, 11) is 0. The van der Waals surface area contributed by atoms with Gasteiger partial charge in [0.2, 0.25) is 0 Å². The van der Waals surface area contributed by atoms with Crippen molar-refractivity contribution in [1.82, 2.24) is 0 Å². The van der Waals surface area contributed by atoms with Crippen molar-refractivity contribution in [2.75, 3.05) is 0 Å². The van der Waals surface area contributed by atoms with Gasteiger partial charge in [-0.2, -0.15) is 0 Å². The normalized spacial score (nSPS) is 10.9. The fourth-order valence-electron chi connectivity index (χ4n) is 3.41. The van der Waals surface area contributed by atoms with E-state index >= 15 is 0 Å². The Hall–Kier alpha value is -2.48. The van der Waals surface area contributed by atoms with Crippen molar-refractivity contribution < 1.29 is 8.78 Å². The van der Waals surface area contributed by atoms with Crippen molar-refractivity contribution in [2.45, 2.75) is 39.5 Å². The molecule has 134 valence electrons. The van der Waals surface area contributed by atoms with Crippen LogP contribution < -0.4 is 0 Å². The average molecular weight is 350 g/mol. The van der Waals surface area contributed by atoms with E-state index in [2.05, 4.69) is 6.92 Å². The summed E-state index contributed by atoms with van der Waals surface area (Å²) in [6.45, 7) is 4.05. The van der Waals surface area contributed by atoms with Crippen molar-refractivity contribution in [3.63, 3.8) is 0 Å². The first-order valence-electron chi connectivity index (χ1n) is 9.31. The summed E-state index contributed by atoms with van der Waals surface area (Å²) < 4.78 is 29.4. The Morgan fingerprint density at radius 2 is 1.23 bits per heavy atom. The van der Waals surface area contributed by atoms with Gasteiger partial charge in [-0.25, -0.2) is 8.78 Å². The molecular formula is C24H24F2. The topological polar surface area (TPSA) is 0 Å². The van der Waals surface area contributed by atoms with E-state index in [1.807, 2.05) is 67.6 Å². The van der Waals surface area contributed by atoms with E-state index in [1.54, 1.807) is 0 Å². The Labute approximate surface area is 154 Å². The zero-order valence-electron chi connectivity index (χ0n) is 15.4. The third-order valence-electron chi connectivity index (χ3n) is 4.72. The van der Waals surface area contributed by atoms with Crippen LogP contribution in [0.5, 0.6) is 0 Å². The van der Waals surface area contributed by atoms with Gasteiger partial charge in [0.05, 0.1) is 0 Å². The van der Waals surface area contributed by atoms with E-state index in [0.29, 0.717) is 23.1 Å². The zero-order chi connectivity index (χ0) is 18.5. The average Bonchev–Trinajstić information content (AvgIpc) is 2.68. The van der Waals surface area contributed by atoms with Gasteiger partial charge >= 0.3 is 0 Å². The third-order valence-corrected chi connectivity index (χ3v) is 4.72. The van der Waals surface area contributed by atoms with Crippen molar-refractivity contribution in [3.8, 4) is 22.3 Å². The lowest BCUT2D eigenvalue weighted by Crippen LogP contribution is -2.03. The molecule has 0 saturated carbocycles. The molecule has 0 fully saturated rings. The van der Waals surface area contributed by atoms with Crippen LogP contribution in [0.4, 0.5) is 8.78 Å². The SMILES string of the molecule is CCCc1cc(-c2ccc(-c3ccccc3)cc2)c(F)c(F)c1CCC. The van der Waals surface area contributed by atoms with Gasteiger partial charge in [0.25, 0.3) is 0 Å². The van der Waals surface area contributed by atoms with Crippen molar-refractivity contribution in [1.29, 1.82) is 0 Å². The van der Waals surface area contributed by atoms with Gasteiger partial charge in [0.15, 0.2) is 11.6 Å². The van der Waals surface area contributed by atoms with Gasteiger partial charge in [-0.05, 0) is 46.7 Å². The number of benzene rings is 3. The van der Waals surface area contributed by atoms with Crippen LogP contribution in [-0.2, 0) is 12.8 Å². The summed E-state index contributed by atoms with van der Waals surface area (Å²) in [5.41, 5.74) is 4.70. The molecule has 0 nitrogen and oxygen atoms in total. The smallest absolute Gasteiger partial charge is 0.166 e. The van der Waals surface area contributed by atoms with Crippen molar-refractivity contribution >= 4 is 0 Å². The van der Waals surface area contributed by atoms with Crippen molar-refractivity contribution in [2.24, 2.45) is 0 Å². The second kappa shape index (κ2) is 8.27. The maximum atomic E-state index is 14.7. The number of rotatable bonds is 6. The highest BCUT2D eigenvalue weighted by atomic mass is 19.2. The first-order valence-corrected chi connectivity index (χ1v) is 9.31. The summed E-state index contributed by atoms with van der Waals surface area (Å²) in [5, 5.41) is 0. The predicted molar refractivity (Wildman–Crippen MR) is 105 cm³/mol. The molecule has 3 rings (SSSR count). The van der Waals surface area contributed by atoms with Crippen LogP contribution in [0.25, 0.3) is 22.3 Å². The Kier molecular flexibility index (Phi) is 5.82. The molecule has 0 aliphatic carbocycles. The van der Waals surface area contributed by atoms with Gasteiger partial charge < -0.3 is 0 Å². The molecule has 0 heterocycles. The van der Waals surface area contributed by atoms with E-state index in [-0.39, 0.29) is 0 Å². The van der Waals surface area contributed by atoms with Crippen LogP contribution in [-0.4, -0.2) is 0 Å². The highest BCUT2D eigenvalue weighted by Gasteiger charge is 2.18. The van der Waals surface area contributed by atoms with Gasteiger partial charge in [-0.3, -0.25) is 0 Å². The summed E-state index contributed by atoms with van der Waals surface area (Å²) in [6.07, 6.45) is 3.05.